The van der Waals surface area contributed by atoms with E-state index in [4.69, 9.17) is 5.11 Å². The lowest BCUT2D eigenvalue weighted by Crippen LogP contribution is -1.99. The van der Waals surface area contributed by atoms with Gasteiger partial charge in [-0.15, -0.1) is 0 Å². The normalized spacial score (nSPS) is 10.5. The SMILES string of the molecule is O=C(O)CCCCCCCCCCC(=O)c1ccccc1O. The Hall–Kier alpha value is -1.84. The Morgan fingerprint density at radius 3 is 1.82 bits per heavy atom. The number of Topliss-reactive ketones (excluding diaryl/α,β-unsaturated/α-hetero) is 1. The Balaban J connectivity index is 1.99. The van der Waals surface area contributed by atoms with Crippen LogP contribution in [0.2, 0.25) is 0 Å². The van der Waals surface area contributed by atoms with Gasteiger partial charge in [-0.1, -0.05) is 50.7 Å². The topological polar surface area (TPSA) is 74.6 Å². The molecule has 2 N–H and O–H groups in total. The lowest BCUT2D eigenvalue weighted by molar-refractivity contribution is -0.137. The van der Waals surface area contributed by atoms with Gasteiger partial charge in [0.15, 0.2) is 5.78 Å². The van der Waals surface area contributed by atoms with E-state index < -0.39 is 5.97 Å². The summed E-state index contributed by atoms with van der Waals surface area (Å²) in [6.07, 6.45) is 8.84. The molecule has 0 atom stereocenters. The van der Waals surface area contributed by atoms with Gasteiger partial charge in [0.25, 0.3) is 0 Å². The predicted molar refractivity (Wildman–Crippen MR) is 86.2 cm³/mol. The molecule has 1 aromatic carbocycles. The van der Waals surface area contributed by atoms with Gasteiger partial charge in [-0.05, 0) is 25.0 Å². The summed E-state index contributed by atoms with van der Waals surface area (Å²) >= 11 is 0. The molecule has 0 aliphatic carbocycles. The van der Waals surface area contributed by atoms with Crippen LogP contribution in [0.3, 0.4) is 0 Å². The number of hydrogen-bond acceptors (Lipinski definition) is 3. The third kappa shape index (κ3) is 7.81. The number of unbranched alkanes of at least 4 members (excludes halogenated alkanes) is 7. The zero-order valence-electron chi connectivity index (χ0n) is 13.1. The van der Waals surface area contributed by atoms with Crippen LogP contribution in [0.4, 0.5) is 0 Å². The monoisotopic (exact) mass is 306 g/mol. The molecule has 0 fully saturated rings. The molecule has 0 spiro atoms. The highest BCUT2D eigenvalue weighted by Gasteiger charge is 2.09. The van der Waals surface area contributed by atoms with Crippen LogP contribution < -0.4 is 0 Å². The van der Waals surface area contributed by atoms with Gasteiger partial charge in [0, 0.05) is 12.8 Å². The zero-order valence-corrected chi connectivity index (χ0v) is 13.1. The molecule has 0 bridgehead atoms. The van der Waals surface area contributed by atoms with Crippen LogP contribution in [0.25, 0.3) is 0 Å². The second-order valence-electron chi connectivity index (χ2n) is 5.66. The van der Waals surface area contributed by atoms with Crippen molar-refractivity contribution in [2.45, 2.75) is 64.2 Å². The zero-order chi connectivity index (χ0) is 16.2. The van der Waals surface area contributed by atoms with E-state index >= 15 is 0 Å². The molecule has 0 unspecified atom stereocenters. The molecule has 0 aliphatic rings. The van der Waals surface area contributed by atoms with E-state index in [1.807, 2.05) is 0 Å². The van der Waals surface area contributed by atoms with Crippen molar-refractivity contribution in [3.05, 3.63) is 29.8 Å². The Morgan fingerprint density at radius 1 is 0.773 bits per heavy atom. The lowest BCUT2D eigenvalue weighted by Gasteiger charge is -2.04. The van der Waals surface area contributed by atoms with Gasteiger partial charge in [-0.25, -0.2) is 0 Å². The molecule has 0 saturated carbocycles. The minimum atomic E-state index is -0.714. The summed E-state index contributed by atoms with van der Waals surface area (Å²) < 4.78 is 0. The largest absolute Gasteiger partial charge is 0.507 e. The minimum Gasteiger partial charge on any atom is -0.507 e. The van der Waals surface area contributed by atoms with E-state index in [0.717, 1.165) is 51.4 Å². The molecule has 0 amide bonds. The molecular weight excluding hydrogens is 280 g/mol. The van der Waals surface area contributed by atoms with Gasteiger partial charge in [0.1, 0.15) is 5.75 Å². The first-order valence-corrected chi connectivity index (χ1v) is 8.14. The third-order valence-corrected chi connectivity index (χ3v) is 3.75. The van der Waals surface area contributed by atoms with Gasteiger partial charge in [-0.3, -0.25) is 9.59 Å². The number of benzene rings is 1. The average molecular weight is 306 g/mol. The second-order valence-corrected chi connectivity index (χ2v) is 5.66. The van der Waals surface area contributed by atoms with Crippen molar-refractivity contribution in [3.8, 4) is 5.75 Å². The van der Waals surface area contributed by atoms with Crippen molar-refractivity contribution >= 4 is 11.8 Å². The first-order chi connectivity index (χ1) is 10.6. The first-order valence-electron chi connectivity index (χ1n) is 8.14. The summed E-state index contributed by atoms with van der Waals surface area (Å²) in [5, 5.41) is 18.1. The van der Waals surface area contributed by atoms with Crippen molar-refractivity contribution in [1.82, 2.24) is 0 Å². The van der Waals surface area contributed by atoms with Crippen LogP contribution in [0, 0.1) is 0 Å². The number of phenolic OH excluding ortho intramolecular Hbond substituents is 1. The summed E-state index contributed by atoms with van der Waals surface area (Å²) in [7, 11) is 0. The number of phenols is 1. The van der Waals surface area contributed by atoms with Crippen LogP contribution in [-0.4, -0.2) is 22.0 Å². The maximum atomic E-state index is 11.9. The molecule has 0 heterocycles. The van der Waals surface area contributed by atoms with Crippen LogP contribution in [0.1, 0.15) is 74.6 Å². The number of aromatic hydroxyl groups is 1. The fraction of sp³-hybridized carbons (Fsp3) is 0.556. The Kier molecular flexibility index (Phi) is 8.96. The number of carbonyl (C=O) groups is 2. The predicted octanol–water partition coefficient (Wildman–Crippen LogP) is 4.56. The van der Waals surface area contributed by atoms with E-state index in [9.17, 15) is 14.7 Å². The molecule has 0 aliphatic heterocycles. The van der Waals surface area contributed by atoms with Gasteiger partial charge in [-0.2, -0.15) is 0 Å². The van der Waals surface area contributed by atoms with Crippen LogP contribution in [0.5, 0.6) is 5.75 Å². The number of carboxylic acid groups (broad SMARTS) is 1. The quantitative estimate of drug-likeness (QED) is 0.438. The fourth-order valence-corrected chi connectivity index (χ4v) is 2.47. The van der Waals surface area contributed by atoms with Gasteiger partial charge >= 0.3 is 5.97 Å². The van der Waals surface area contributed by atoms with Crippen molar-refractivity contribution in [1.29, 1.82) is 0 Å². The number of ketones is 1. The second kappa shape index (κ2) is 10.8. The molecule has 1 aromatic rings. The summed E-state index contributed by atoms with van der Waals surface area (Å²) in [4.78, 5) is 22.3. The minimum absolute atomic E-state index is 0.00627. The van der Waals surface area contributed by atoms with E-state index in [2.05, 4.69) is 0 Å². The van der Waals surface area contributed by atoms with Crippen LogP contribution in [-0.2, 0) is 4.79 Å². The molecule has 0 saturated heterocycles. The number of carbonyl (C=O) groups excluding carboxylic acids is 1. The molecule has 1 rings (SSSR count). The highest BCUT2D eigenvalue weighted by atomic mass is 16.4. The average Bonchev–Trinajstić information content (AvgIpc) is 2.49. The smallest absolute Gasteiger partial charge is 0.303 e. The van der Waals surface area contributed by atoms with Crippen molar-refractivity contribution < 1.29 is 19.8 Å². The number of hydrogen-bond donors (Lipinski definition) is 2. The highest BCUT2D eigenvalue weighted by Crippen LogP contribution is 2.19. The summed E-state index contributed by atoms with van der Waals surface area (Å²) in [6, 6.07) is 6.67. The summed E-state index contributed by atoms with van der Waals surface area (Å²) in [6.45, 7) is 0. The molecular formula is C18H26O4. The summed E-state index contributed by atoms with van der Waals surface area (Å²) in [5.74, 6) is -0.644. The molecule has 22 heavy (non-hydrogen) atoms. The van der Waals surface area contributed by atoms with E-state index in [-0.39, 0.29) is 18.0 Å². The van der Waals surface area contributed by atoms with Crippen LogP contribution >= 0.6 is 0 Å². The lowest BCUT2D eigenvalue weighted by atomic mass is 10.0. The van der Waals surface area contributed by atoms with Crippen LogP contribution in [0.15, 0.2) is 24.3 Å². The van der Waals surface area contributed by atoms with Gasteiger partial charge in [0.2, 0.25) is 0 Å². The summed E-state index contributed by atoms with van der Waals surface area (Å²) in [5.41, 5.74) is 0.418. The maximum absolute atomic E-state index is 11.9. The number of carboxylic acids is 1. The van der Waals surface area contributed by atoms with E-state index in [1.54, 1.807) is 18.2 Å². The third-order valence-electron chi connectivity index (χ3n) is 3.75. The molecule has 0 radical (unpaired) electrons. The molecule has 122 valence electrons. The van der Waals surface area contributed by atoms with E-state index in [0.29, 0.717) is 12.0 Å². The molecule has 4 heteroatoms. The highest BCUT2D eigenvalue weighted by molar-refractivity contribution is 5.98. The fourth-order valence-electron chi connectivity index (χ4n) is 2.47. The Morgan fingerprint density at radius 2 is 1.27 bits per heavy atom. The number of rotatable bonds is 12. The van der Waals surface area contributed by atoms with Gasteiger partial charge < -0.3 is 10.2 Å². The molecule has 0 aromatic heterocycles. The van der Waals surface area contributed by atoms with E-state index in [1.165, 1.54) is 6.07 Å². The van der Waals surface area contributed by atoms with Gasteiger partial charge in [0.05, 0.1) is 5.56 Å². The van der Waals surface area contributed by atoms with Crippen molar-refractivity contribution in [2.75, 3.05) is 0 Å². The standard InChI is InChI=1S/C18H26O4/c19-16(15-11-9-10-13-17(15)20)12-7-5-3-1-2-4-6-8-14-18(21)22/h9-11,13,20H,1-8,12,14H2,(H,21,22). The Bertz CT molecular complexity index is 468. The molecule has 4 nitrogen and oxygen atoms in total. The van der Waals surface area contributed by atoms with Crippen molar-refractivity contribution in [3.63, 3.8) is 0 Å². The number of aliphatic carboxylic acids is 1. The van der Waals surface area contributed by atoms with Crippen molar-refractivity contribution in [2.24, 2.45) is 0 Å². The maximum Gasteiger partial charge on any atom is 0.303 e. The first kappa shape index (κ1) is 18.2. The Labute approximate surface area is 132 Å². The number of para-hydroxylation sites is 1.